The highest BCUT2D eigenvalue weighted by atomic mass is 79.9. The molecular weight excluding hydrogens is 266 g/mol. The maximum atomic E-state index is 5.68. The van der Waals surface area contributed by atoms with Crippen molar-refractivity contribution in [1.82, 2.24) is 4.90 Å². The number of nitrogens with one attached hydrogen (secondary N) is 1. The van der Waals surface area contributed by atoms with Crippen LogP contribution in [0.2, 0.25) is 0 Å². The summed E-state index contributed by atoms with van der Waals surface area (Å²) in [6.07, 6.45) is 0. The highest BCUT2D eigenvalue weighted by Crippen LogP contribution is 2.24. The summed E-state index contributed by atoms with van der Waals surface area (Å²) in [5.74, 6) is 0. The van der Waals surface area contributed by atoms with E-state index in [-0.39, 0.29) is 0 Å². The van der Waals surface area contributed by atoms with E-state index in [2.05, 4.69) is 40.0 Å². The van der Waals surface area contributed by atoms with Gasteiger partial charge in [0.15, 0.2) is 0 Å². The first-order chi connectivity index (χ1) is 7.67. The zero-order valence-electron chi connectivity index (χ0n) is 9.96. The van der Waals surface area contributed by atoms with Gasteiger partial charge in [-0.05, 0) is 47.2 Å². The van der Waals surface area contributed by atoms with Crippen molar-refractivity contribution < 1.29 is 0 Å². The zero-order valence-corrected chi connectivity index (χ0v) is 11.5. The Morgan fingerprint density at radius 3 is 2.56 bits per heavy atom. The Morgan fingerprint density at radius 2 is 2.00 bits per heavy atom. The molecule has 0 fully saturated rings. The van der Waals surface area contributed by atoms with Gasteiger partial charge in [0.25, 0.3) is 0 Å². The fourth-order valence-corrected chi connectivity index (χ4v) is 2.10. The van der Waals surface area contributed by atoms with Gasteiger partial charge < -0.3 is 16.0 Å². The summed E-state index contributed by atoms with van der Waals surface area (Å²) in [5, 5.41) is 3.40. The lowest BCUT2D eigenvalue weighted by atomic mass is 10.3. The monoisotopic (exact) mass is 285 g/mol. The minimum atomic E-state index is 0.779. The Hall–Kier alpha value is -0.740. The molecule has 3 nitrogen and oxygen atoms in total. The Balaban J connectivity index is 2.42. The topological polar surface area (TPSA) is 41.3 Å². The summed E-state index contributed by atoms with van der Waals surface area (Å²) >= 11 is 3.49. The number of halogens is 1. The van der Waals surface area contributed by atoms with E-state index in [1.54, 1.807) is 0 Å². The molecule has 90 valence electrons. The van der Waals surface area contributed by atoms with Crippen molar-refractivity contribution in [3.05, 3.63) is 22.7 Å². The summed E-state index contributed by atoms with van der Waals surface area (Å²) in [5.41, 5.74) is 7.56. The molecule has 0 aliphatic carbocycles. The number of nitrogen functional groups attached to an aromatic ring is 1. The first-order valence-electron chi connectivity index (χ1n) is 5.68. The number of likely N-dealkylation sites (N-methyl/N-ethyl adjacent to an activating group) is 1. The van der Waals surface area contributed by atoms with Gasteiger partial charge in [-0.1, -0.05) is 13.8 Å². The van der Waals surface area contributed by atoms with Gasteiger partial charge in [0.2, 0.25) is 0 Å². The highest BCUT2D eigenvalue weighted by molar-refractivity contribution is 9.10. The summed E-state index contributed by atoms with van der Waals surface area (Å²) in [6, 6.07) is 5.83. The molecule has 0 saturated heterocycles. The van der Waals surface area contributed by atoms with E-state index >= 15 is 0 Å². The van der Waals surface area contributed by atoms with Gasteiger partial charge in [-0.25, -0.2) is 0 Å². The van der Waals surface area contributed by atoms with Crippen LogP contribution in [-0.4, -0.2) is 31.1 Å². The average Bonchev–Trinajstić information content (AvgIpc) is 2.27. The molecule has 16 heavy (non-hydrogen) atoms. The van der Waals surface area contributed by atoms with Gasteiger partial charge in [-0.2, -0.15) is 0 Å². The van der Waals surface area contributed by atoms with Crippen molar-refractivity contribution in [3.8, 4) is 0 Å². The average molecular weight is 286 g/mol. The predicted octanol–water partition coefficient (Wildman–Crippen LogP) is 2.79. The van der Waals surface area contributed by atoms with E-state index in [4.69, 9.17) is 5.73 Å². The third-order valence-electron chi connectivity index (χ3n) is 2.63. The van der Waals surface area contributed by atoms with Crippen LogP contribution >= 0.6 is 15.9 Å². The molecule has 0 saturated carbocycles. The maximum absolute atomic E-state index is 5.68. The van der Waals surface area contributed by atoms with Gasteiger partial charge in [0.1, 0.15) is 0 Å². The van der Waals surface area contributed by atoms with E-state index in [1.165, 1.54) is 0 Å². The second kappa shape index (κ2) is 6.76. The third kappa shape index (κ3) is 4.02. The van der Waals surface area contributed by atoms with Crippen molar-refractivity contribution in [2.45, 2.75) is 13.8 Å². The van der Waals surface area contributed by atoms with Crippen molar-refractivity contribution in [1.29, 1.82) is 0 Å². The smallest absolute Gasteiger partial charge is 0.0486 e. The van der Waals surface area contributed by atoms with Crippen LogP contribution in [0, 0.1) is 0 Å². The molecule has 0 aliphatic heterocycles. The second-order valence-electron chi connectivity index (χ2n) is 3.69. The van der Waals surface area contributed by atoms with Gasteiger partial charge in [-0.15, -0.1) is 0 Å². The van der Waals surface area contributed by atoms with Crippen LogP contribution in [0.5, 0.6) is 0 Å². The van der Waals surface area contributed by atoms with Gasteiger partial charge in [-0.3, -0.25) is 0 Å². The molecule has 0 aromatic heterocycles. The van der Waals surface area contributed by atoms with Crippen LogP contribution in [0.15, 0.2) is 22.7 Å². The van der Waals surface area contributed by atoms with Crippen molar-refractivity contribution in [3.63, 3.8) is 0 Å². The molecule has 0 atom stereocenters. The Morgan fingerprint density at radius 1 is 1.31 bits per heavy atom. The quantitative estimate of drug-likeness (QED) is 0.790. The van der Waals surface area contributed by atoms with E-state index < -0.39 is 0 Å². The lowest BCUT2D eigenvalue weighted by molar-refractivity contribution is 0.316. The van der Waals surface area contributed by atoms with Crippen molar-refractivity contribution in [2.24, 2.45) is 0 Å². The molecule has 1 aromatic carbocycles. The molecule has 0 amide bonds. The van der Waals surface area contributed by atoms with E-state index in [9.17, 15) is 0 Å². The minimum Gasteiger partial charge on any atom is -0.399 e. The summed E-state index contributed by atoms with van der Waals surface area (Å²) in [4.78, 5) is 2.39. The normalized spacial score (nSPS) is 10.8. The summed E-state index contributed by atoms with van der Waals surface area (Å²) in [6.45, 7) is 8.57. The minimum absolute atomic E-state index is 0.779. The van der Waals surface area contributed by atoms with Crippen LogP contribution in [-0.2, 0) is 0 Å². The molecular formula is C12H20BrN3. The molecule has 0 bridgehead atoms. The van der Waals surface area contributed by atoms with Crippen LogP contribution < -0.4 is 11.1 Å². The number of hydrogen-bond acceptors (Lipinski definition) is 3. The Kier molecular flexibility index (Phi) is 5.63. The van der Waals surface area contributed by atoms with Gasteiger partial charge >= 0.3 is 0 Å². The molecule has 1 rings (SSSR count). The molecule has 4 heteroatoms. The van der Waals surface area contributed by atoms with Gasteiger partial charge in [0.05, 0.1) is 0 Å². The van der Waals surface area contributed by atoms with Crippen molar-refractivity contribution >= 4 is 27.3 Å². The van der Waals surface area contributed by atoms with Crippen LogP contribution in [0.4, 0.5) is 11.4 Å². The van der Waals surface area contributed by atoms with Crippen LogP contribution in [0.1, 0.15) is 13.8 Å². The molecule has 1 aromatic rings. The highest BCUT2D eigenvalue weighted by Gasteiger charge is 2.01. The summed E-state index contributed by atoms with van der Waals surface area (Å²) in [7, 11) is 0. The van der Waals surface area contributed by atoms with E-state index in [0.717, 1.165) is 42.0 Å². The van der Waals surface area contributed by atoms with Crippen LogP contribution in [0.25, 0.3) is 0 Å². The lowest BCUT2D eigenvalue weighted by Crippen LogP contribution is -2.28. The molecule has 0 heterocycles. The lowest BCUT2D eigenvalue weighted by Gasteiger charge is -2.18. The van der Waals surface area contributed by atoms with Crippen LogP contribution in [0.3, 0.4) is 0 Å². The molecule has 0 unspecified atom stereocenters. The number of hydrogen-bond donors (Lipinski definition) is 2. The Labute approximate surface area is 106 Å². The largest absolute Gasteiger partial charge is 0.399 e. The number of anilines is 2. The molecule has 0 spiro atoms. The standard InChI is InChI=1S/C12H20BrN3/c1-3-16(4-2)8-7-15-12-6-5-10(14)9-11(12)13/h5-6,9,15H,3-4,7-8,14H2,1-2H3. The Bertz CT molecular complexity index is 324. The maximum Gasteiger partial charge on any atom is 0.0486 e. The SMILES string of the molecule is CCN(CC)CCNc1ccc(N)cc1Br. The second-order valence-corrected chi connectivity index (χ2v) is 4.55. The predicted molar refractivity (Wildman–Crippen MR) is 74.8 cm³/mol. The van der Waals surface area contributed by atoms with Crippen molar-refractivity contribution in [2.75, 3.05) is 37.2 Å². The number of rotatable bonds is 6. The van der Waals surface area contributed by atoms with Gasteiger partial charge in [0, 0.05) is 28.9 Å². The van der Waals surface area contributed by atoms with E-state index in [0.29, 0.717) is 0 Å². The first-order valence-corrected chi connectivity index (χ1v) is 6.48. The third-order valence-corrected chi connectivity index (χ3v) is 3.29. The summed E-state index contributed by atoms with van der Waals surface area (Å²) < 4.78 is 1.02. The molecule has 0 radical (unpaired) electrons. The fraction of sp³-hybridized carbons (Fsp3) is 0.500. The number of benzene rings is 1. The number of nitrogens with zero attached hydrogens (tertiary/aromatic N) is 1. The first kappa shape index (κ1) is 13.3. The molecule has 0 aliphatic rings. The number of nitrogens with two attached hydrogens (primary N) is 1. The zero-order chi connectivity index (χ0) is 12.0. The molecule has 3 N–H and O–H groups in total. The fourth-order valence-electron chi connectivity index (χ4n) is 1.56. The van der Waals surface area contributed by atoms with E-state index in [1.807, 2.05) is 18.2 Å².